The van der Waals surface area contributed by atoms with Crippen molar-refractivity contribution in [3.05, 3.63) is 0 Å². The van der Waals surface area contributed by atoms with Gasteiger partial charge in [0.05, 0.1) is 71.1 Å². The summed E-state index contributed by atoms with van der Waals surface area (Å²) in [6, 6.07) is 0. The average Bonchev–Trinajstić information content (AvgIpc) is 2.47. The molecule has 0 unspecified atom stereocenters. The van der Waals surface area contributed by atoms with E-state index in [4.69, 9.17) is 35.9 Å². The van der Waals surface area contributed by atoms with Gasteiger partial charge in [0.2, 0.25) is 0 Å². The van der Waals surface area contributed by atoms with Gasteiger partial charge in [-0.15, -0.1) is 0 Å². The van der Waals surface area contributed by atoms with Crippen LogP contribution in [0.15, 0.2) is 0 Å². The Kier molecular flexibility index (Phi) is 11.9. The van der Waals surface area contributed by atoms with Crippen molar-refractivity contribution < 1.29 is 23.7 Å². The number of nitrogens with zero attached hydrogens (tertiary/aromatic N) is 1. The van der Waals surface area contributed by atoms with Crippen LogP contribution in [-0.4, -0.2) is 89.0 Å². The molecular formula is C14H27NO5S. The molecule has 0 spiro atoms. The molecule has 1 aliphatic heterocycles. The van der Waals surface area contributed by atoms with Crippen LogP contribution in [0.3, 0.4) is 0 Å². The molecule has 0 aromatic heterocycles. The van der Waals surface area contributed by atoms with E-state index < -0.39 is 0 Å². The van der Waals surface area contributed by atoms with E-state index in [1.54, 1.807) is 0 Å². The van der Waals surface area contributed by atoms with Gasteiger partial charge in [0.1, 0.15) is 0 Å². The van der Waals surface area contributed by atoms with Gasteiger partial charge in [-0.1, -0.05) is 12.2 Å². The Labute approximate surface area is 132 Å². The molecule has 124 valence electrons. The summed E-state index contributed by atoms with van der Waals surface area (Å²) < 4.78 is 27.2. The van der Waals surface area contributed by atoms with Crippen molar-refractivity contribution in [1.29, 1.82) is 0 Å². The predicted molar refractivity (Wildman–Crippen MR) is 83.9 cm³/mol. The molecule has 0 atom stereocenters. The van der Waals surface area contributed by atoms with E-state index in [9.17, 15) is 0 Å². The molecule has 1 rings (SSSR count). The quantitative estimate of drug-likeness (QED) is 0.610. The fourth-order valence-electron chi connectivity index (χ4n) is 1.76. The minimum Gasteiger partial charge on any atom is -0.377 e. The Morgan fingerprint density at radius 3 is 1.19 bits per heavy atom. The third kappa shape index (κ3) is 11.0. The smallest absolute Gasteiger partial charge is 0.0749 e. The lowest BCUT2D eigenvalue weighted by molar-refractivity contribution is -0.0155. The molecule has 1 fully saturated rings. The summed E-state index contributed by atoms with van der Waals surface area (Å²) in [5.74, 6) is 0. The Balaban J connectivity index is 2.23. The monoisotopic (exact) mass is 321 g/mol. The molecule has 0 aromatic carbocycles. The van der Waals surface area contributed by atoms with E-state index in [0.29, 0.717) is 66.1 Å². The Hall–Kier alpha value is -0.310. The van der Waals surface area contributed by atoms with Crippen LogP contribution in [0.5, 0.6) is 0 Å². The zero-order valence-electron chi connectivity index (χ0n) is 12.9. The van der Waals surface area contributed by atoms with Crippen LogP contribution < -0.4 is 0 Å². The van der Waals surface area contributed by atoms with Gasteiger partial charge >= 0.3 is 0 Å². The van der Waals surface area contributed by atoms with E-state index >= 15 is 0 Å². The van der Waals surface area contributed by atoms with E-state index in [1.165, 1.54) is 0 Å². The predicted octanol–water partition coefficient (Wildman–Crippen LogP) is 0.732. The first-order valence-electron chi connectivity index (χ1n) is 7.45. The summed E-state index contributed by atoms with van der Waals surface area (Å²) in [6.07, 6.45) is 0. The van der Waals surface area contributed by atoms with Gasteiger partial charge in [0, 0.05) is 13.1 Å². The molecule has 7 heteroatoms. The highest BCUT2D eigenvalue weighted by molar-refractivity contribution is 7.80. The highest BCUT2D eigenvalue weighted by Gasteiger charge is 2.05. The van der Waals surface area contributed by atoms with Crippen molar-refractivity contribution in [3.8, 4) is 0 Å². The van der Waals surface area contributed by atoms with Crippen molar-refractivity contribution in [2.45, 2.75) is 6.92 Å². The molecule has 0 radical (unpaired) electrons. The summed E-state index contributed by atoms with van der Waals surface area (Å²) in [5, 5.41) is 0. The molecule has 6 nitrogen and oxygen atoms in total. The Morgan fingerprint density at radius 2 is 0.905 bits per heavy atom. The molecular weight excluding hydrogens is 294 g/mol. The van der Waals surface area contributed by atoms with E-state index in [2.05, 4.69) is 4.90 Å². The summed E-state index contributed by atoms with van der Waals surface area (Å²) in [5.41, 5.74) is 0. The lowest BCUT2D eigenvalue weighted by Gasteiger charge is -2.23. The molecule has 21 heavy (non-hydrogen) atoms. The largest absolute Gasteiger partial charge is 0.377 e. The van der Waals surface area contributed by atoms with Gasteiger partial charge < -0.3 is 28.6 Å². The van der Waals surface area contributed by atoms with Crippen LogP contribution in [0.1, 0.15) is 6.92 Å². The molecule has 0 bridgehead atoms. The molecule has 1 saturated heterocycles. The van der Waals surface area contributed by atoms with E-state index in [1.807, 2.05) is 6.92 Å². The summed E-state index contributed by atoms with van der Waals surface area (Å²) in [7, 11) is 0. The number of hydrogen-bond acceptors (Lipinski definition) is 6. The van der Waals surface area contributed by atoms with Gasteiger partial charge in [-0.05, 0) is 6.92 Å². The lowest BCUT2D eigenvalue weighted by Crippen LogP contribution is -2.34. The summed E-state index contributed by atoms with van der Waals surface area (Å²) in [4.78, 5) is 2.95. The van der Waals surface area contributed by atoms with E-state index in [0.717, 1.165) is 18.1 Å². The fourth-order valence-corrected chi connectivity index (χ4v) is 1.94. The number of thiocarbonyl (C=S) groups is 1. The number of ether oxygens (including phenoxy) is 5. The minimum absolute atomic E-state index is 0.581. The lowest BCUT2D eigenvalue weighted by atomic mass is 10.4. The number of hydrogen-bond donors (Lipinski definition) is 0. The van der Waals surface area contributed by atoms with Crippen molar-refractivity contribution in [3.63, 3.8) is 0 Å². The van der Waals surface area contributed by atoms with Gasteiger partial charge in [-0.2, -0.15) is 0 Å². The van der Waals surface area contributed by atoms with Gasteiger partial charge in [0.25, 0.3) is 0 Å². The van der Waals surface area contributed by atoms with E-state index in [-0.39, 0.29) is 0 Å². The minimum atomic E-state index is 0.581. The molecule has 0 aromatic rings. The standard InChI is InChI=1S/C14H27NO5S/c1-14(21)15-2-4-16-6-8-18-10-12-20-13-11-19-9-7-17-5-3-15/h2-13H2,1H3. The molecule has 0 amide bonds. The molecule has 1 aliphatic rings. The first-order chi connectivity index (χ1) is 10.3. The second-order valence-corrected chi connectivity index (χ2v) is 5.16. The maximum Gasteiger partial charge on any atom is 0.0749 e. The van der Waals surface area contributed by atoms with Crippen LogP contribution in [0.25, 0.3) is 0 Å². The third-order valence-electron chi connectivity index (χ3n) is 2.94. The van der Waals surface area contributed by atoms with Gasteiger partial charge in [0.15, 0.2) is 0 Å². The fraction of sp³-hybridized carbons (Fsp3) is 0.929. The summed E-state index contributed by atoms with van der Waals surface area (Å²) >= 11 is 5.23. The number of rotatable bonds is 0. The first kappa shape index (κ1) is 18.7. The normalized spacial score (nSPS) is 22.2. The van der Waals surface area contributed by atoms with Crippen LogP contribution in [0.4, 0.5) is 0 Å². The molecule has 1 heterocycles. The summed E-state index contributed by atoms with van der Waals surface area (Å²) in [6.45, 7) is 9.41. The van der Waals surface area contributed by atoms with Crippen LogP contribution in [0.2, 0.25) is 0 Å². The van der Waals surface area contributed by atoms with Gasteiger partial charge in [-0.25, -0.2) is 0 Å². The average molecular weight is 321 g/mol. The van der Waals surface area contributed by atoms with Crippen LogP contribution in [-0.2, 0) is 23.7 Å². The Bertz CT molecular complexity index is 250. The van der Waals surface area contributed by atoms with Gasteiger partial charge in [-0.3, -0.25) is 0 Å². The van der Waals surface area contributed by atoms with Crippen molar-refractivity contribution >= 4 is 17.2 Å². The molecule has 0 N–H and O–H groups in total. The molecule has 0 saturated carbocycles. The zero-order chi connectivity index (χ0) is 15.2. The highest BCUT2D eigenvalue weighted by atomic mass is 32.1. The maximum atomic E-state index is 5.53. The topological polar surface area (TPSA) is 49.4 Å². The first-order valence-corrected chi connectivity index (χ1v) is 7.86. The second-order valence-electron chi connectivity index (χ2n) is 4.57. The van der Waals surface area contributed by atoms with Crippen molar-refractivity contribution in [2.75, 3.05) is 79.2 Å². The second kappa shape index (κ2) is 13.4. The zero-order valence-corrected chi connectivity index (χ0v) is 13.7. The van der Waals surface area contributed by atoms with Crippen molar-refractivity contribution in [1.82, 2.24) is 4.90 Å². The Morgan fingerprint density at radius 1 is 0.619 bits per heavy atom. The highest BCUT2D eigenvalue weighted by Crippen LogP contribution is 1.94. The third-order valence-corrected chi connectivity index (χ3v) is 3.20. The van der Waals surface area contributed by atoms with Crippen molar-refractivity contribution in [2.24, 2.45) is 0 Å². The van der Waals surface area contributed by atoms with Crippen LogP contribution in [0, 0.1) is 0 Å². The molecule has 0 aliphatic carbocycles. The maximum absolute atomic E-state index is 5.53. The SMILES string of the molecule is CC(=S)N1CCOCCOCCOCCOCCOCC1. The van der Waals surface area contributed by atoms with Crippen LogP contribution >= 0.6 is 12.2 Å².